The molecule has 0 N–H and O–H groups in total. The van der Waals surface area contributed by atoms with Crippen molar-refractivity contribution in [3.05, 3.63) is 88.6 Å². The van der Waals surface area contributed by atoms with Gasteiger partial charge >= 0.3 is 0 Å². The van der Waals surface area contributed by atoms with Crippen molar-refractivity contribution in [1.29, 1.82) is 0 Å². The Morgan fingerprint density at radius 3 is 2.23 bits per heavy atom. The Hall–Kier alpha value is -4.33. The molecule has 0 saturated heterocycles. The van der Waals surface area contributed by atoms with Gasteiger partial charge < -0.3 is 19.3 Å². The van der Waals surface area contributed by atoms with Crippen molar-refractivity contribution < 1.29 is 14.3 Å². The molecule has 0 fully saturated rings. The lowest BCUT2D eigenvalue weighted by molar-refractivity contribution is 0.0786. The Morgan fingerprint density at radius 2 is 1.60 bits per heavy atom. The van der Waals surface area contributed by atoms with Crippen molar-refractivity contribution in [2.75, 3.05) is 40.3 Å². The van der Waals surface area contributed by atoms with Crippen LogP contribution in [0.2, 0.25) is 0 Å². The third-order valence-corrected chi connectivity index (χ3v) is 5.89. The Kier molecular flexibility index (Phi) is 6.73. The number of methoxy groups -OCH3 is 2. The number of fused-ring (bicyclic) bond motifs is 1. The summed E-state index contributed by atoms with van der Waals surface area (Å²) in [5.41, 5.74) is 2.66. The molecule has 0 unspecified atom stereocenters. The van der Waals surface area contributed by atoms with Gasteiger partial charge in [-0.15, -0.1) is 0 Å². The highest BCUT2D eigenvalue weighted by Crippen LogP contribution is 2.33. The molecule has 0 aliphatic carbocycles. The third-order valence-electron chi connectivity index (χ3n) is 5.89. The quantitative estimate of drug-likeness (QED) is 0.408. The highest BCUT2D eigenvalue weighted by Gasteiger charge is 2.21. The van der Waals surface area contributed by atoms with E-state index in [4.69, 9.17) is 9.47 Å². The molecule has 0 aliphatic rings. The number of nitrogens with zero attached hydrogens (tertiary/aromatic N) is 4. The van der Waals surface area contributed by atoms with Gasteiger partial charge in [-0.3, -0.25) is 19.1 Å². The third kappa shape index (κ3) is 4.68. The molecular formula is C27H28N4O4. The Bertz CT molecular complexity index is 1430. The molecule has 2 aromatic carbocycles. The first-order valence-electron chi connectivity index (χ1n) is 11.1. The molecule has 0 saturated carbocycles. The summed E-state index contributed by atoms with van der Waals surface area (Å²) in [4.78, 5) is 34.9. The van der Waals surface area contributed by atoms with E-state index in [0.29, 0.717) is 40.1 Å². The van der Waals surface area contributed by atoms with Crippen LogP contribution < -0.4 is 19.9 Å². The van der Waals surface area contributed by atoms with Gasteiger partial charge in [0.05, 0.1) is 30.9 Å². The fourth-order valence-electron chi connectivity index (χ4n) is 3.99. The van der Waals surface area contributed by atoms with Gasteiger partial charge in [0.25, 0.3) is 11.5 Å². The molecule has 0 aliphatic heterocycles. The van der Waals surface area contributed by atoms with Crippen LogP contribution in [0, 0.1) is 0 Å². The SMILES string of the molecule is COc1cc2c(C(=O)N(C)Cc3ccncc3)cn(-c3cccc(N(C)C)c3)c(=O)c2cc1OC. The van der Waals surface area contributed by atoms with Gasteiger partial charge in [0.2, 0.25) is 0 Å². The number of hydrogen-bond acceptors (Lipinski definition) is 6. The number of carbonyl (C=O) groups excluding carboxylic acids is 1. The van der Waals surface area contributed by atoms with Crippen LogP contribution in [0.15, 0.2) is 71.9 Å². The van der Waals surface area contributed by atoms with Crippen LogP contribution in [-0.4, -0.2) is 55.7 Å². The minimum Gasteiger partial charge on any atom is -0.493 e. The number of amides is 1. The minimum absolute atomic E-state index is 0.225. The van der Waals surface area contributed by atoms with E-state index in [-0.39, 0.29) is 11.5 Å². The molecule has 2 heterocycles. The molecule has 1 amide bonds. The zero-order valence-electron chi connectivity index (χ0n) is 20.5. The maximum absolute atomic E-state index is 13.7. The van der Waals surface area contributed by atoms with Crippen LogP contribution >= 0.6 is 0 Å². The molecule has 0 spiro atoms. The summed E-state index contributed by atoms with van der Waals surface area (Å²) in [6.45, 7) is 0.394. The van der Waals surface area contributed by atoms with E-state index in [1.807, 2.05) is 55.4 Å². The van der Waals surface area contributed by atoms with Gasteiger partial charge in [0.1, 0.15) is 0 Å². The number of rotatable bonds is 7. The number of anilines is 1. The molecule has 4 aromatic rings. The molecular weight excluding hydrogens is 444 g/mol. The van der Waals surface area contributed by atoms with Crippen molar-refractivity contribution >= 4 is 22.4 Å². The first-order valence-corrected chi connectivity index (χ1v) is 11.1. The summed E-state index contributed by atoms with van der Waals surface area (Å²) in [5.74, 6) is 0.634. The molecule has 8 nitrogen and oxygen atoms in total. The van der Waals surface area contributed by atoms with E-state index >= 15 is 0 Å². The van der Waals surface area contributed by atoms with E-state index in [0.717, 1.165) is 11.3 Å². The topological polar surface area (TPSA) is 76.9 Å². The average molecular weight is 473 g/mol. The molecule has 180 valence electrons. The minimum atomic E-state index is -0.259. The molecule has 0 atom stereocenters. The number of hydrogen-bond donors (Lipinski definition) is 0. The lowest BCUT2D eigenvalue weighted by Gasteiger charge is -2.21. The fraction of sp³-hybridized carbons (Fsp3) is 0.222. The van der Waals surface area contributed by atoms with Crippen LogP contribution in [0.25, 0.3) is 16.5 Å². The number of ether oxygens (including phenoxy) is 2. The molecule has 0 bridgehead atoms. The zero-order valence-corrected chi connectivity index (χ0v) is 20.5. The predicted molar refractivity (Wildman–Crippen MR) is 137 cm³/mol. The smallest absolute Gasteiger partial charge is 0.263 e. The van der Waals surface area contributed by atoms with Crippen LogP contribution in [0.1, 0.15) is 15.9 Å². The van der Waals surface area contributed by atoms with Crippen molar-refractivity contribution in [2.45, 2.75) is 6.54 Å². The van der Waals surface area contributed by atoms with Crippen LogP contribution in [-0.2, 0) is 6.54 Å². The first kappa shape index (κ1) is 23.8. The molecule has 4 rings (SSSR count). The fourth-order valence-corrected chi connectivity index (χ4v) is 3.99. The van der Waals surface area contributed by atoms with Crippen molar-refractivity contribution in [1.82, 2.24) is 14.5 Å². The van der Waals surface area contributed by atoms with Crippen LogP contribution in [0.4, 0.5) is 5.69 Å². The summed E-state index contributed by atoms with van der Waals surface area (Å²) in [5, 5.41) is 0.861. The predicted octanol–water partition coefficient (Wildman–Crippen LogP) is 3.74. The van der Waals surface area contributed by atoms with Crippen LogP contribution in [0.3, 0.4) is 0 Å². The van der Waals surface area contributed by atoms with E-state index in [1.165, 1.54) is 18.8 Å². The summed E-state index contributed by atoms with van der Waals surface area (Å²) in [6, 6.07) is 14.6. The normalized spacial score (nSPS) is 10.8. The zero-order chi connectivity index (χ0) is 25.1. The van der Waals surface area contributed by atoms with Gasteiger partial charge in [0.15, 0.2) is 11.5 Å². The van der Waals surface area contributed by atoms with E-state index in [1.54, 1.807) is 42.7 Å². The summed E-state index contributed by atoms with van der Waals surface area (Å²) in [7, 11) is 8.64. The van der Waals surface area contributed by atoms with Crippen molar-refractivity contribution in [2.24, 2.45) is 0 Å². The van der Waals surface area contributed by atoms with Gasteiger partial charge in [-0.2, -0.15) is 0 Å². The molecule has 0 radical (unpaired) electrons. The summed E-state index contributed by atoms with van der Waals surface area (Å²) >= 11 is 0. The van der Waals surface area contributed by atoms with E-state index < -0.39 is 0 Å². The monoisotopic (exact) mass is 472 g/mol. The molecule has 2 aromatic heterocycles. The highest BCUT2D eigenvalue weighted by atomic mass is 16.5. The number of pyridine rings is 2. The largest absolute Gasteiger partial charge is 0.493 e. The molecule has 8 heteroatoms. The lowest BCUT2D eigenvalue weighted by atomic mass is 10.0. The van der Waals surface area contributed by atoms with E-state index in [9.17, 15) is 9.59 Å². The maximum Gasteiger partial charge on any atom is 0.263 e. The second-order valence-corrected chi connectivity index (χ2v) is 8.40. The standard InChI is InChI=1S/C27H28N4O4/c1-29(2)19-7-6-8-20(13-19)31-17-23(26(32)30(3)16-18-9-11-28-12-10-18)21-14-24(34-4)25(35-5)15-22(21)27(31)33/h6-15,17H,16H2,1-5H3. The number of benzene rings is 2. The summed E-state index contributed by atoms with van der Waals surface area (Å²) in [6.07, 6.45) is 4.99. The highest BCUT2D eigenvalue weighted by molar-refractivity contribution is 6.07. The second-order valence-electron chi connectivity index (χ2n) is 8.40. The number of carbonyl (C=O) groups is 1. The Labute approximate surface area is 204 Å². The van der Waals surface area contributed by atoms with E-state index in [2.05, 4.69) is 4.98 Å². The lowest BCUT2D eigenvalue weighted by Crippen LogP contribution is -2.29. The average Bonchev–Trinajstić information content (AvgIpc) is 2.88. The maximum atomic E-state index is 13.7. The first-order chi connectivity index (χ1) is 16.8. The Balaban J connectivity index is 1.93. The van der Waals surface area contributed by atoms with Gasteiger partial charge in [0, 0.05) is 57.4 Å². The summed E-state index contributed by atoms with van der Waals surface area (Å²) < 4.78 is 12.4. The molecule has 35 heavy (non-hydrogen) atoms. The van der Waals surface area contributed by atoms with Gasteiger partial charge in [-0.25, -0.2) is 0 Å². The Morgan fingerprint density at radius 1 is 0.943 bits per heavy atom. The van der Waals surface area contributed by atoms with Crippen molar-refractivity contribution in [3.63, 3.8) is 0 Å². The second kappa shape index (κ2) is 9.89. The van der Waals surface area contributed by atoms with Crippen molar-refractivity contribution in [3.8, 4) is 17.2 Å². The van der Waals surface area contributed by atoms with Gasteiger partial charge in [-0.05, 0) is 48.0 Å². The number of aromatic nitrogens is 2. The van der Waals surface area contributed by atoms with Gasteiger partial charge in [-0.1, -0.05) is 6.07 Å². The van der Waals surface area contributed by atoms with Crippen LogP contribution in [0.5, 0.6) is 11.5 Å².